The van der Waals surface area contributed by atoms with Crippen LogP contribution in [0.4, 0.5) is 18.9 Å². The average molecular weight is 418 g/mol. The molecule has 0 saturated heterocycles. The topological polar surface area (TPSA) is 86.1 Å². The summed E-state index contributed by atoms with van der Waals surface area (Å²) in [6.07, 6.45) is -3.38. The van der Waals surface area contributed by atoms with Crippen LogP contribution in [0.2, 0.25) is 0 Å². The van der Waals surface area contributed by atoms with Gasteiger partial charge in [-0.2, -0.15) is 18.3 Å². The number of halogens is 3. The Bertz CT molecular complexity index is 1060. The number of ether oxygens (including phenoxy) is 1. The molecule has 3 aromatic rings. The highest BCUT2D eigenvalue weighted by Gasteiger charge is 2.29. The molecule has 0 saturated carbocycles. The third-order valence-corrected chi connectivity index (χ3v) is 4.10. The van der Waals surface area contributed by atoms with Crippen LogP contribution in [-0.2, 0) is 4.79 Å². The Morgan fingerprint density at radius 1 is 1.10 bits per heavy atom. The minimum absolute atomic E-state index is 0.137. The molecule has 0 aliphatic rings. The van der Waals surface area contributed by atoms with Crippen LogP contribution < -0.4 is 10.1 Å². The number of hydrogen-bond acceptors (Lipinski definition) is 5. The fourth-order valence-electron chi connectivity index (χ4n) is 2.79. The van der Waals surface area contributed by atoms with Gasteiger partial charge in [0, 0.05) is 6.07 Å². The third kappa shape index (κ3) is 4.83. The van der Waals surface area contributed by atoms with Gasteiger partial charge in [-0.05, 0) is 32.0 Å². The smallest absolute Gasteiger partial charge is 0.422 e. The first-order valence-corrected chi connectivity index (χ1v) is 8.78. The van der Waals surface area contributed by atoms with Gasteiger partial charge in [0.2, 0.25) is 5.88 Å². The van der Waals surface area contributed by atoms with E-state index in [-0.39, 0.29) is 17.1 Å². The number of nitrogens with zero attached hydrogens (tertiary/aromatic N) is 3. The van der Waals surface area contributed by atoms with E-state index < -0.39 is 24.5 Å². The Balaban J connectivity index is 1.72. The van der Waals surface area contributed by atoms with Gasteiger partial charge in [0.05, 0.1) is 34.5 Å². The van der Waals surface area contributed by atoms with Gasteiger partial charge in [-0.3, -0.25) is 9.59 Å². The highest BCUT2D eigenvalue weighted by atomic mass is 19.4. The molecule has 0 fully saturated rings. The van der Waals surface area contributed by atoms with Crippen molar-refractivity contribution in [3.05, 3.63) is 65.6 Å². The Hall–Kier alpha value is -3.69. The second-order valence-electron chi connectivity index (χ2n) is 6.37. The molecule has 1 N–H and O–H groups in total. The molecule has 7 nitrogen and oxygen atoms in total. The van der Waals surface area contributed by atoms with E-state index in [2.05, 4.69) is 20.1 Å². The lowest BCUT2D eigenvalue weighted by Gasteiger charge is -2.09. The van der Waals surface area contributed by atoms with E-state index in [9.17, 15) is 22.8 Å². The molecule has 10 heteroatoms. The average Bonchev–Trinajstić information content (AvgIpc) is 3.01. The zero-order valence-corrected chi connectivity index (χ0v) is 16.0. The van der Waals surface area contributed by atoms with E-state index in [1.165, 1.54) is 6.07 Å². The molecule has 2 aromatic heterocycles. The predicted octanol–water partition coefficient (Wildman–Crippen LogP) is 3.65. The molecule has 0 aliphatic heterocycles. The number of Topliss-reactive ketones (excluding diaryl/α,β-unsaturated/α-hetero) is 1. The zero-order chi connectivity index (χ0) is 21.9. The summed E-state index contributed by atoms with van der Waals surface area (Å²) in [7, 11) is 0. The van der Waals surface area contributed by atoms with E-state index >= 15 is 0 Å². The minimum Gasteiger partial charge on any atom is -0.468 e. The van der Waals surface area contributed by atoms with Gasteiger partial charge >= 0.3 is 6.18 Å². The fourth-order valence-corrected chi connectivity index (χ4v) is 2.79. The number of aryl methyl sites for hydroxylation is 1. The summed E-state index contributed by atoms with van der Waals surface area (Å²) in [5.41, 5.74) is 1.96. The monoisotopic (exact) mass is 418 g/mol. The summed E-state index contributed by atoms with van der Waals surface area (Å²) < 4.78 is 42.6. The van der Waals surface area contributed by atoms with E-state index in [0.29, 0.717) is 11.4 Å². The fraction of sp³-hybridized carbons (Fsp3) is 0.200. The molecular weight excluding hydrogens is 401 g/mol. The first-order chi connectivity index (χ1) is 14.2. The number of nitrogens with one attached hydrogen (secondary N) is 1. The largest absolute Gasteiger partial charge is 0.468 e. The molecule has 1 aromatic carbocycles. The minimum atomic E-state index is -4.49. The summed E-state index contributed by atoms with van der Waals surface area (Å²) in [6, 6.07) is 11.6. The number of ketones is 1. The lowest BCUT2D eigenvalue weighted by molar-refractivity contribution is -0.154. The summed E-state index contributed by atoms with van der Waals surface area (Å²) in [4.78, 5) is 28.8. The number of rotatable bonds is 6. The van der Waals surface area contributed by atoms with Crippen LogP contribution >= 0.6 is 0 Å². The number of pyridine rings is 1. The normalized spacial score (nSPS) is 11.2. The van der Waals surface area contributed by atoms with Crippen molar-refractivity contribution in [1.29, 1.82) is 0 Å². The number of aromatic nitrogens is 3. The van der Waals surface area contributed by atoms with Crippen molar-refractivity contribution in [2.24, 2.45) is 0 Å². The molecule has 0 aliphatic carbocycles. The van der Waals surface area contributed by atoms with Crippen LogP contribution in [0.15, 0.2) is 48.7 Å². The summed E-state index contributed by atoms with van der Waals surface area (Å²) in [5, 5.41) is 6.72. The number of anilines is 1. The number of para-hydroxylation sites is 1. The molecule has 3 rings (SSSR count). The number of amides is 1. The lowest BCUT2D eigenvalue weighted by Crippen LogP contribution is -2.24. The molecule has 1 amide bonds. The van der Waals surface area contributed by atoms with Crippen molar-refractivity contribution in [2.45, 2.75) is 20.0 Å². The van der Waals surface area contributed by atoms with Gasteiger partial charge in [-0.15, -0.1) is 0 Å². The van der Waals surface area contributed by atoms with Gasteiger partial charge in [0.15, 0.2) is 6.61 Å². The van der Waals surface area contributed by atoms with Gasteiger partial charge in [0.25, 0.3) is 11.7 Å². The Morgan fingerprint density at radius 3 is 2.40 bits per heavy atom. The maximum Gasteiger partial charge on any atom is 0.422 e. The number of alkyl halides is 3. The van der Waals surface area contributed by atoms with E-state index in [4.69, 9.17) is 0 Å². The number of hydrogen-bond donors (Lipinski definition) is 1. The van der Waals surface area contributed by atoms with Crippen LogP contribution in [0, 0.1) is 13.8 Å². The standard InChI is InChI=1S/C20H17F3N4O3/c1-12-17(13(2)27(26-12)15-6-4-3-5-7-15)18(28)19(29)25-14-8-9-16(24-10-14)30-11-20(21,22)23/h3-10H,11H2,1-2H3,(H,25,29). The predicted molar refractivity (Wildman–Crippen MR) is 102 cm³/mol. The first-order valence-electron chi connectivity index (χ1n) is 8.78. The maximum absolute atomic E-state index is 12.7. The Morgan fingerprint density at radius 2 is 1.80 bits per heavy atom. The van der Waals surface area contributed by atoms with Gasteiger partial charge < -0.3 is 10.1 Å². The molecular formula is C20H17F3N4O3. The van der Waals surface area contributed by atoms with Crippen molar-refractivity contribution in [3.8, 4) is 11.6 Å². The molecule has 2 heterocycles. The molecule has 0 spiro atoms. The molecule has 0 bridgehead atoms. The quantitative estimate of drug-likeness (QED) is 0.488. The maximum atomic E-state index is 12.7. The van der Waals surface area contributed by atoms with Crippen LogP contribution in [0.3, 0.4) is 0 Å². The number of carbonyl (C=O) groups excluding carboxylic acids is 2. The summed E-state index contributed by atoms with van der Waals surface area (Å²) in [6.45, 7) is 1.83. The first kappa shape index (κ1) is 21.0. The highest BCUT2D eigenvalue weighted by Crippen LogP contribution is 2.20. The highest BCUT2D eigenvalue weighted by molar-refractivity contribution is 6.47. The van der Waals surface area contributed by atoms with Crippen molar-refractivity contribution in [1.82, 2.24) is 14.8 Å². The van der Waals surface area contributed by atoms with E-state index in [1.807, 2.05) is 30.3 Å². The van der Waals surface area contributed by atoms with Crippen molar-refractivity contribution in [3.63, 3.8) is 0 Å². The molecule has 30 heavy (non-hydrogen) atoms. The lowest BCUT2D eigenvalue weighted by atomic mass is 10.1. The molecule has 0 unspecified atom stereocenters. The van der Waals surface area contributed by atoms with Gasteiger partial charge in [-0.1, -0.05) is 18.2 Å². The van der Waals surface area contributed by atoms with Crippen molar-refractivity contribution in [2.75, 3.05) is 11.9 Å². The van der Waals surface area contributed by atoms with Crippen LogP contribution in [0.5, 0.6) is 5.88 Å². The molecule has 0 atom stereocenters. The van der Waals surface area contributed by atoms with E-state index in [1.54, 1.807) is 18.5 Å². The van der Waals surface area contributed by atoms with Crippen molar-refractivity contribution < 1.29 is 27.5 Å². The SMILES string of the molecule is Cc1nn(-c2ccccc2)c(C)c1C(=O)C(=O)Nc1ccc(OCC(F)(F)F)nc1. The Labute approximate surface area is 169 Å². The van der Waals surface area contributed by atoms with Crippen molar-refractivity contribution >= 4 is 17.4 Å². The van der Waals surface area contributed by atoms with Crippen LogP contribution in [0.25, 0.3) is 5.69 Å². The van der Waals surface area contributed by atoms with Gasteiger partial charge in [0.1, 0.15) is 0 Å². The third-order valence-electron chi connectivity index (χ3n) is 4.10. The number of carbonyl (C=O) groups is 2. The Kier molecular flexibility index (Phi) is 5.86. The van der Waals surface area contributed by atoms with Gasteiger partial charge in [-0.25, -0.2) is 9.67 Å². The second-order valence-corrected chi connectivity index (χ2v) is 6.37. The molecule has 0 radical (unpaired) electrons. The zero-order valence-electron chi connectivity index (χ0n) is 16.0. The van der Waals surface area contributed by atoms with E-state index in [0.717, 1.165) is 18.0 Å². The molecule has 156 valence electrons. The number of benzene rings is 1. The van der Waals surface area contributed by atoms with Crippen LogP contribution in [0.1, 0.15) is 21.7 Å². The second kappa shape index (κ2) is 8.36. The summed E-state index contributed by atoms with van der Waals surface area (Å²) in [5.74, 6) is -1.96. The van der Waals surface area contributed by atoms with Crippen LogP contribution in [-0.4, -0.2) is 39.2 Å². The summed E-state index contributed by atoms with van der Waals surface area (Å²) >= 11 is 0.